The Labute approximate surface area is 310 Å². The molecular weight excluding hydrogens is 729 g/mol. The second kappa shape index (κ2) is 15.6. The molecule has 1 aliphatic carbocycles. The van der Waals surface area contributed by atoms with E-state index in [9.17, 15) is 32.7 Å². The minimum Gasteiger partial charge on any atom is -0.493 e. The number of hydrogen-bond donors (Lipinski definition) is 5. The summed E-state index contributed by atoms with van der Waals surface area (Å²) in [6.45, 7) is -0.787. The van der Waals surface area contributed by atoms with Gasteiger partial charge in [0.25, 0.3) is 0 Å². The SMILES string of the molecule is COc1cc2nccc(Oc3ccc(NC(=O)C4(C(=O)Nc5ccc(F)cc5)CC4)cc3)c2cc1OC.Nc1ccn([C@@H]2O[C@H](CO)[C@@H](O)C2(F)F)c(=O)n1. The van der Waals surface area contributed by atoms with Crippen molar-refractivity contribution < 1.29 is 51.9 Å². The minimum atomic E-state index is -3.71. The molecule has 0 radical (unpaired) electrons. The largest absolute Gasteiger partial charge is 0.493 e. The zero-order valence-corrected chi connectivity index (χ0v) is 29.2. The number of benzene rings is 3. The van der Waals surface area contributed by atoms with Gasteiger partial charge in [0.15, 0.2) is 17.6 Å². The van der Waals surface area contributed by atoms with Crippen LogP contribution in [0.4, 0.5) is 30.4 Å². The van der Waals surface area contributed by atoms with E-state index in [-0.39, 0.29) is 11.7 Å². The van der Waals surface area contributed by atoms with Crippen LogP contribution in [-0.4, -0.2) is 75.5 Å². The van der Waals surface area contributed by atoms with E-state index in [4.69, 9.17) is 29.8 Å². The van der Waals surface area contributed by atoms with Gasteiger partial charge in [0, 0.05) is 35.2 Å². The van der Waals surface area contributed by atoms with Gasteiger partial charge in [0.05, 0.1) is 26.3 Å². The lowest BCUT2D eigenvalue weighted by Gasteiger charge is -2.20. The van der Waals surface area contributed by atoms with Gasteiger partial charge in [-0.3, -0.25) is 19.1 Å². The number of aliphatic hydroxyl groups is 2. The number of nitrogens with two attached hydrogens (primary N) is 1. The molecule has 2 fully saturated rings. The lowest BCUT2D eigenvalue weighted by Crippen LogP contribution is -2.41. The highest BCUT2D eigenvalue weighted by Crippen LogP contribution is 2.48. The summed E-state index contributed by atoms with van der Waals surface area (Å²) in [5.41, 5.74) is 4.73. The topological polar surface area (TPSA) is 209 Å². The van der Waals surface area contributed by atoms with Gasteiger partial charge in [-0.2, -0.15) is 13.8 Å². The van der Waals surface area contributed by atoms with Crippen molar-refractivity contribution in [2.45, 2.75) is 37.2 Å². The highest BCUT2D eigenvalue weighted by atomic mass is 19.3. The van der Waals surface area contributed by atoms with Crippen LogP contribution in [0.25, 0.3) is 10.9 Å². The monoisotopic (exact) mass is 764 g/mol. The molecule has 18 heteroatoms. The van der Waals surface area contributed by atoms with Crippen molar-refractivity contribution in [1.29, 1.82) is 0 Å². The molecule has 3 heterocycles. The van der Waals surface area contributed by atoms with Gasteiger partial charge in [-0.15, -0.1) is 0 Å². The van der Waals surface area contributed by atoms with Crippen LogP contribution in [0.5, 0.6) is 23.0 Å². The molecule has 15 nitrogen and oxygen atoms in total. The standard InChI is InChI=1S/C28H24FN3O5.C9H11F2N3O4/c1-35-24-15-21-22(16-25(24)36-2)30-14-11-23(21)37-20-9-7-19(8-10-20)32-27(34)28(12-13-28)26(33)31-18-5-3-17(29)4-6-18;10-9(11)6(16)4(3-15)18-7(9)14-2-1-5(12)13-8(14)17/h3-11,14-16H,12-13H2,1-2H3,(H,31,33)(H,32,34);1-2,4,6-7,15-16H,3H2,(H2,12,13,17)/t;4-,6-,7-/m.1/s1. The molecule has 288 valence electrons. The zero-order chi connectivity index (χ0) is 39.5. The third-order valence-electron chi connectivity index (χ3n) is 8.93. The average Bonchev–Trinajstić information content (AvgIpc) is 3.96. The third-order valence-corrected chi connectivity index (χ3v) is 8.93. The highest BCUT2D eigenvalue weighted by molar-refractivity contribution is 6.16. The Hall–Kier alpha value is -6.24. The van der Waals surface area contributed by atoms with E-state index in [1.54, 1.807) is 62.9 Å². The first-order valence-corrected chi connectivity index (χ1v) is 16.6. The fourth-order valence-corrected chi connectivity index (χ4v) is 5.71. The van der Waals surface area contributed by atoms with Gasteiger partial charge in [0.2, 0.25) is 18.0 Å². The minimum absolute atomic E-state index is 0.114. The molecule has 1 aliphatic heterocycles. The maximum Gasteiger partial charge on any atom is 0.351 e. The average molecular weight is 765 g/mol. The van der Waals surface area contributed by atoms with Crippen molar-refractivity contribution in [3.8, 4) is 23.0 Å². The number of carbonyl (C=O) groups is 2. The van der Waals surface area contributed by atoms with Crippen LogP contribution in [0, 0.1) is 11.2 Å². The van der Waals surface area contributed by atoms with Crippen molar-refractivity contribution in [3.05, 3.63) is 101 Å². The summed E-state index contributed by atoms with van der Waals surface area (Å²) in [7, 11) is 3.12. The maximum atomic E-state index is 13.7. The summed E-state index contributed by atoms with van der Waals surface area (Å²) in [5, 5.41) is 24.4. The van der Waals surface area contributed by atoms with E-state index in [1.165, 1.54) is 24.3 Å². The van der Waals surface area contributed by atoms with Gasteiger partial charge in [-0.25, -0.2) is 9.18 Å². The molecule has 0 spiro atoms. The van der Waals surface area contributed by atoms with E-state index in [2.05, 4.69) is 20.6 Å². The van der Waals surface area contributed by atoms with Crippen LogP contribution in [0.2, 0.25) is 0 Å². The Kier molecular flexibility index (Phi) is 10.9. The smallest absolute Gasteiger partial charge is 0.351 e. The molecule has 5 aromatic rings. The Balaban J connectivity index is 0.000000239. The highest BCUT2D eigenvalue weighted by Gasteiger charge is 2.59. The van der Waals surface area contributed by atoms with Gasteiger partial charge in [-0.1, -0.05) is 0 Å². The van der Waals surface area contributed by atoms with Crippen LogP contribution in [0.15, 0.2) is 90.0 Å². The summed E-state index contributed by atoms with van der Waals surface area (Å²) in [6, 6.07) is 18.7. The van der Waals surface area contributed by atoms with Crippen molar-refractivity contribution in [2.75, 3.05) is 37.2 Å². The molecule has 2 aliphatic rings. The number of alkyl halides is 2. The number of rotatable bonds is 10. The molecule has 7 rings (SSSR count). The van der Waals surface area contributed by atoms with Crippen molar-refractivity contribution in [3.63, 3.8) is 0 Å². The lowest BCUT2D eigenvalue weighted by molar-refractivity contribution is -0.140. The Morgan fingerprint density at radius 1 is 0.945 bits per heavy atom. The number of halogens is 3. The number of nitrogens with one attached hydrogen (secondary N) is 2. The maximum absolute atomic E-state index is 13.7. The van der Waals surface area contributed by atoms with Crippen LogP contribution in [-0.2, 0) is 14.3 Å². The van der Waals surface area contributed by atoms with Crippen molar-refractivity contribution in [1.82, 2.24) is 14.5 Å². The predicted molar refractivity (Wildman–Crippen MR) is 192 cm³/mol. The quantitative estimate of drug-likeness (QED) is 0.127. The fourth-order valence-electron chi connectivity index (χ4n) is 5.71. The van der Waals surface area contributed by atoms with Gasteiger partial charge in [-0.05, 0) is 79.6 Å². The Morgan fingerprint density at radius 2 is 1.55 bits per heavy atom. The first-order chi connectivity index (χ1) is 26.3. The second-order valence-corrected chi connectivity index (χ2v) is 12.5. The number of aromatic nitrogens is 3. The molecule has 55 heavy (non-hydrogen) atoms. The van der Waals surface area contributed by atoms with E-state index in [1.807, 2.05) is 0 Å². The number of hydrogen-bond acceptors (Lipinski definition) is 12. The molecule has 2 amide bonds. The van der Waals surface area contributed by atoms with E-state index in [0.717, 1.165) is 17.6 Å². The first kappa shape index (κ1) is 38.5. The number of methoxy groups -OCH3 is 2. The molecule has 1 saturated carbocycles. The number of nitrogen functional groups attached to an aromatic ring is 1. The Morgan fingerprint density at radius 3 is 2.09 bits per heavy atom. The number of fused-ring (bicyclic) bond motifs is 1. The van der Waals surface area contributed by atoms with Gasteiger partial charge < -0.3 is 45.5 Å². The van der Waals surface area contributed by atoms with Gasteiger partial charge >= 0.3 is 11.6 Å². The van der Waals surface area contributed by atoms with Crippen molar-refractivity contribution in [2.24, 2.45) is 5.41 Å². The predicted octanol–water partition coefficient (Wildman–Crippen LogP) is 4.25. The molecule has 1 saturated heterocycles. The van der Waals surface area contributed by atoms with E-state index < -0.39 is 53.8 Å². The molecule has 2 aromatic heterocycles. The van der Waals surface area contributed by atoms with Gasteiger partial charge in [0.1, 0.15) is 34.7 Å². The zero-order valence-electron chi connectivity index (χ0n) is 29.2. The summed E-state index contributed by atoms with van der Waals surface area (Å²) in [5.74, 6) is -2.77. The molecule has 0 bridgehead atoms. The number of pyridine rings is 1. The number of amides is 2. The Bertz CT molecular complexity index is 2250. The number of aliphatic hydroxyl groups excluding tert-OH is 2. The summed E-state index contributed by atoms with van der Waals surface area (Å²) >= 11 is 0. The summed E-state index contributed by atoms with van der Waals surface area (Å²) < 4.78 is 62.6. The number of carbonyl (C=O) groups excluding carboxylic acids is 2. The molecule has 0 unspecified atom stereocenters. The number of nitrogens with zero attached hydrogens (tertiary/aromatic N) is 3. The molecule has 3 atom stereocenters. The molecule has 6 N–H and O–H groups in total. The second-order valence-electron chi connectivity index (χ2n) is 12.5. The van der Waals surface area contributed by atoms with Crippen LogP contribution >= 0.6 is 0 Å². The normalized spacial score (nSPS) is 19.1. The van der Waals surface area contributed by atoms with Crippen molar-refractivity contribution >= 4 is 39.9 Å². The van der Waals surface area contributed by atoms with Crippen LogP contribution in [0.1, 0.15) is 19.1 Å². The number of anilines is 3. The van der Waals surface area contributed by atoms with Crippen LogP contribution in [0.3, 0.4) is 0 Å². The number of ether oxygens (including phenoxy) is 4. The third kappa shape index (κ3) is 8.01. The van der Waals surface area contributed by atoms with Crippen LogP contribution < -0.4 is 36.3 Å². The van der Waals surface area contributed by atoms with E-state index >= 15 is 0 Å². The van der Waals surface area contributed by atoms with E-state index in [0.29, 0.717) is 57.3 Å². The lowest BCUT2D eigenvalue weighted by atomic mass is 10.0. The summed E-state index contributed by atoms with van der Waals surface area (Å²) in [4.78, 5) is 44.8. The summed E-state index contributed by atoms with van der Waals surface area (Å²) in [6.07, 6.45) is -2.16. The molecule has 3 aromatic carbocycles. The fraction of sp³-hybridized carbons (Fsp3) is 0.270. The first-order valence-electron chi connectivity index (χ1n) is 16.6. The molecular formula is C37H35F3N6O9.